The molecule has 2 heterocycles. The van der Waals surface area contributed by atoms with Gasteiger partial charge in [0.2, 0.25) is 21.8 Å². The van der Waals surface area contributed by atoms with Gasteiger partial charge in [0.1, 0.15) is 11.9 Å². The summed E-state index contributed by atoms with van der Waals surface area (Å²) >= 11 is 1.31. The summed E-state index contributed by atoms with van der Waals surface area (Å²) in [7, 11) is -3.85. The van der Waals surface area contributed by atoms with E-state index in [1.165, 1.54) is 27.8 Å². The monoisotopic (exact) mass is 496 g/mol. The van der Waals surface area contributed by atoms with Crippen LogP contribution in [0, 0.1) is 24.6 Å². The van der Waals surface area contributed by atoms with Crippen LogP contribution in [0.2, 0.25) is 0 Å². The highest BCUT2D eigenvalue weighted by atomic mass is 32.2. The van der Waals surface area contributed by atoms with E-state index in [9.17, 15) is 22.4 Å². The molecule has 33 heavy (non-hydrogen) atoms. The summed E-state index contributed by atoms with van der Waals surface area (Å²) in [5.41, 5.74) is 0.795. The van der Waals surface area contributed by atoms with Gasteiger partial charge < -0.3 is 10.6 Å². The first-order chi connectivity index (χ1) is 15.6. The van der Waals surface area contributed by atoms with Crippen molar-refractivity contribution in [2.75, 3.05) is 18.4 Å². The van der Waals surface area contributed by atoms with E-state index >= 15 is 0 Å². The first-order valence-electron chi connectivity index (χ1n) is 10.9. The minimum Gasteiger partial charge on any atom is -0.344 e. The molecule has 2 aromatic rings. The molecule has 1 aliphatic heterocycles. The number of hydrogen-bond donors (Lipinski definition) is 2. The molecule has 0 bridgehead atoms. The lowest BCUT2D eigenvalue weighted by molar-refractivity contribution is -0.131. The number of benzene rings is 1. The lowest BCUT2D eigenvalue weighted by Crippen LogP contribution is -2.52. The van der Waals surface area contributed by atoms with Crippen molar-refractivity contribution in [1.82, 2.24) is 14.6 Å². The maximum Gasteiger partial charge on any atom is 0.249 e. The van der Waals surface area contributed by atoms with Crippen LogP contribution in [0.25, 0.3) is 0 Å². The van der Waals surface area contributed by atoms with Gasteiger partial charge in [-0.15, -0.1) is 11.3 Å². The lowest BCUT2D eigenvalue weighted by Gasteiger charge is -2.32. The van der Waals surface area contributed by atoms with E-state index in [0.717, 1.165) is 17.8 Å². The highest BCUT2D eigenvalue weighted by Gasteiger charge is 2.35. The molecule has 8 nitrogen and oxygen atoms in total. The van der Waals surface area contributed by atoms with Gasteiger partial charge in [-0.2, -0.15) is 4.31 Å². The fourth-order valence-electron chi connectivity index (χ4n) is 3.70. The second-order valence-electron chi connectivity index (χ2n) is 8.31. The Morgan fingerprint density at radius 3 is 2.61 bits per heavy atom. The van der Waals surface area contributed by atoms with Crippen LogP contribution in [-0.4, -0.2) is 48.7 Å². The zero-order valence-electron chi connectivity index (χ0n) is 18.9. The van der Waals surface area contributed by atoms with Crippen molar-refractivity contribution < 1.29 is 22.4 Å². The molecule has 1 fully saturated rings. The molecule has 0 radical (unpaired) electrons. The van der Waals surface area contributed by atoms with E-state index in [1.54, 1.807) is 0 Å². The minimum atomic E-state index is -3.85. The first kappa shape index (κ1) is 25.3. The average Bonchev–Trinajstić information content (AvgIpc) is 3.21. The summed E-state index contributed by atoms with van der Waals surface area (Å²) < 4.78 is 40.4. The predicted molar refractivity (Wildman–Crippen MR) is 125 cm³/mol. The number of nitrogens with one attached hydrogen (secondary N) is 2. The number of aryl methyl sites for hydroxylation is 1. The number of halogens is 1. The third-order valence-electron chi connectivity index (χ3n) is 5.85. The van der Waals surface area contributed by atoms with Gasteiger partial charge in [0.05, 0.1) is 16.5 Å². The fourth-order valence-corrected chi connectivity index (χ4v) is 5.91. The number of anilines is 1. The number of thiazole rings is 1. The van der Waals surface area contributed by atoms with Gasteiger partial charge in [0, 0.05) is 18.5 Å². The Labute approximate surface area is 197 Å². The third kappa shape index (κ3) is 6.15. The molecule has 1 saturated heterocycles. The summed E-state index contributed by atoms with van der Waals surface area (Å²) in [6.45, 7) is 5.93. The Morgan fingerprint density at radius 1 is 1.30 bits per heavy atom. The maximum absolute atomic E-state index is 13.2. The van der Waals surface area contributed by atoms with Crippen molar-refractivity contribution in [2.24, 2.45) is 11.8 Å². The van der Waals surface area contributed by atoms with Crippen molar-refractivity contribution >= 4 is 38.3 Å². The van der Waals surface area contributed by atoms with Crippen LogP contribution in [0.5, 0.6) is 0 Å². The smallest absolute Gasteiger partial charge is 0.249 e. The van der Waals surface area contributed by atoms with Crippen molar-refractivity contribution in [3.8, 4) is 0 Å². The van der Waals surface area contributed by atoms with Gasteiger partial charge in [0.25, 0.3) is 0 Å². The molecule has 11 heteroatoms. The normalized spacial score (nSPS) is 19.0. The van der Waals surface area contributed by atoms with E-state index in [0.29, 0.717) is 24.4 Å². The summed E-state index contributed by atoms with van der Waals surface area (Å²) in [5, 5.41) is 7.89. The zero-order valence-corrected chi connectivity index (χ0v) is 20.5. The Bertz CT molecular complexity index is 1090. The molecule has 0 saturated carbocycles. The van der Waals surface area contributed by atoms with Crippen LogP contribution in [0.4, 0.5) is 9.52 Å². The number of piperidine rings is 1. The summed E-state index contributed by atoms with van der Waals surface area (Å²) in [6.07, 6.45) is 1.70. The molecule has 1 aliphatic rings. The second kappa shape index (κ2) is 10.7. The second-order valence-corrected chi connectivity index (χ2v) is 11.1. The third-order valence-corrected chi connectivity index (χ3v) is 8.60. The largest absolute Gasteiger partial charge is 0.344 e. The van der Waals surface area contributed by atoms with E-state index < -0.39 is 27.8 Å². The van der Waals surface area contributed by atoms with Gasteiger partial charge in [-0.05, 0) is 49.9 Å². The Balaban J connectivity index is 1.70. The summed E-state index contributed by atoms with van der Waals surface area (Å²) in [5.74, 6) is -1.94. The lowest BCUT2D eigenvalue weighted by atomic mass is 9.95. The van der Waals surface area contributed by atoms with Crippen molar-refractivity contribution in [1.29, 1.82) is 0 Å². The zero-order chi connectivity index (χ0) is 24.2. The van der Waals surface area contributed by atoms with Gasteiger partial charge in [-0.3, -0.25) is 9.59 Å². The maximum atomic E-state index is 13.2. The number of rotatable bonds is 8. The van der Waals surface area contributed by atoms with Gasteiger partial charge in [-0.1, -0.05) is 20.3 Å². The van der Waals surface area contributed by atoms with E-state index in [1.807, 2.05) is 26.2 Å². The van der Waals surface area contributed by atoms with Crippen LogP contribution in [0.15, 0.2) is 34.5 Å². The molecule has 1 aromatic carbocycles. The Morgan fingerprint density at radius 2 is 2.00 bits per heavy atom. The number of aromatic nitrogens is 1. The SMILES string of the molecule is CC[C@H](C)[C@@H](NC(=O)[C@H]1CCCN(S(=O)(=O)c2ccc(F)cc2)C1)C(=O)Nc1nc(C)cs1. The standard InChI is InChI=1S/C22H29FN4O4S2/c1-4-14(2)19(21(29)26-22-24-15(3)13-32-22)25-20(28)16-6-5-11-27(12-16)33(30,31)18-9-7-17(23)8-10-18/h7-10,13-14,16,19H,4-6,11-12H2,1-3H3,(H,25,28)(H,24,26,29)/t14-,16-,19+/m0/s1. The van der Waals surface area contributed by atoms with E-state index in [4.69, 9.17) is 0 Å². The number of carbonyl (C=O) groups excluding carboxylic acids is 2. The van der Waals surface area contributed by atoms with Crippen LogP contribution < -0.4 is 10.6 Å². The number of carbonyl (C=O) groups is 2. The topological polar surface area (TPSA) is 108 Å². The number of sulfonamides is 1. The molecule has 2 amide bonds. The molecule has 0 unspecified atom stereocenters. The van der Waals surface area contributed by atoms with Crippen molar-refractivity contribution in [3.05, 3.63) is 41.2 Å². The van der Waals surface area contributed by atoms with Crippen molar-refractivity contribution in [3.63, 3.8) is 0 Å². The number of nitrogens with zero attached hydrogens (tertiary/aromatic N) is 2. The van der Waals surface area contributed by atoms with Gasteiger partial charge in [0.15, 0.2) is 5.13 Å². The highest BCUT2D eigenvalue weighted by Crippen LogP contribution is 2.25. The minimum absolute atomic E-state index is 0.00601. The van der Waals surface area contributed by atoms with Crippen LogP contribution in [0.1, 0.15) is 38.8 Å². The van der Waals surface area contributed by atoms with Crippen LogP contribution >= 0.6 is 11.3 Å². The van der Waals surface area contributed by atoms with Gasteiger partial charge >= 0.3 is 0 Å². The molecule has 2 N–H and O–H groups in total. The van der Waals surface area contributed by atoms with Gasteiger partial charge in [-0.25, -0.2) is 17.8 Å². The molecule has 180 valence electrons. The molecule has 3 rings (SSSR count). The molecule has 0 aliphatic carbocycles. The fraction of sp³-hybridized carbons (Fsp3) is 0.500. The molecule has 0 spiro atoms. The average molecular weight is 497 g/mol. The summed E-state index contributed by atoms with van der Waals surface area (Å²) in [4.78, 5) is 30.2. The van der Waals surface area contributed by atoms with Crippen LogP contribution in [-0.2, 0) is 19.6 Å². The van der Waals surface area contributed by atoms with Crippen LogP contribution in [0.3, 0.4) is 0 Å². The number of hydrogen-bond acceptors (Lipinski definition) is 6. The van der Waals surface area contributed by atoms with Crippen molar-refractivity contribution in [2.45, 2.75) is 51.0 Å². The first-order valence-corrected chi connectivity index (χ1v) is 13.2. The highest BCUT2D eigenvalue weighted by molar-refractivity contribution is 7.89. The van der Waals surface area contributed by atoms with E-state index in [-0.39, 0.29) is 35.7 Å². The number of amides is 2. The summed E-state index contributed by atoms with van der Waals surface area (Å²) in [6, 6.07) is 3.87. The Kier molecular flexibility index (Phi) is 8.19. The van der Waals surface area contributed by atoms with E-state index in [2.05, 4.69) is 15.6 Å². The Hall–Kier alpha value is -2.37. The molecule has 1 aromatic heterocycles. The molecular weight excluding hydrogens is 467 g/mol. The quantitative estimate of drug-likeness (QED) is 0.584. The molecular formula is C22H29FN4O4S2. The predicted octanol–water partition coefficient (Wildman–Crippen LogP) is 3.16. The molecule has 3 atom stereocenters.